The molecule has 0 aromatic rings. The van der Waals surface area contributed by atoms with Crippen molar-refractivity contribution < 1.29 is 14.6 Å². The molecule has 0 unspecified atom stereocenters. The lowest BCUT2D eigenvalue weighted by molar-refractivity contribution is -0.133. The van der Waals surface area contributed by atoms with Gasteiger partial charge in [0.15, 0.2) is 0 Å². The number of carbonyl (C=O) groups is 1. The van der Waals surface area contributed by atoms with Crippen LogP contribution < -0.4 is 0 Å². The second-order valence-corrected chi connectivity index (χ2v) is 4.28. The minimum Gasteiger partial charge on any atom is -0.478 e. The van der Waals surface area contributed by atoms with Crippen molar-refractivity contribution in [1.82, 2.24) is 0 Å². The SMILES string of the molecule is CC/C(C(=O)O)=C1/CCOC(C)(C)C1. The van der Waals surface area contributed by atoms with E-state index in [1.807, 2.05) is 20.8 Å². The van der Waals surface area contributed by atoms with Crippen LogP contribution in [0.4, 0.5) is 0 Å². The van der Waals surface area contributed by atoms with Crippen molar-refractivity contribution in [3.05, 3.63) is 11.1 Å². The molecule has 1 N–H and O–H groups in total. The first-order valence-electron chi connectivity index (χ1n) is 5.04. The Morgan fingerprint density at radius 2 is 2.21 bits per heavy atom. The first-order valence-corrected chi connectivity index (χ1v) is 5.04. The van der Waals surface area contributed by atoms with Gasteiger partial charge in [-0.1, -0.05) is 12.5 Å². The Morgan fingerprint density at radius 3 is 2.64 bits per heavy atom. The zero-order chi connectivity index (χ0) is 10.8. The van der Waals surface area contributed by atoms with E-state index in [0.29, 0.717) is 18.6 Å². The predicted molar refractivity (Wildman–Crippen MR) is 54.2 cm³/mol. The van der Waals surface area contributed by atoms with Gasteiger partial charge in [-0.2, -0.15) is 0 Å². The van der Waals surface area contributed by atoms with Crippen molar-refractivity contribution >= 4 is 5.97 Å². The van der Waals surface area contributed by atoms with Gasteiger partial charge >= 0.3 is 5.97 Å². The molecule has 0 aromatic heterocycles. The van der Waals surface area contributed by atoms with Crippen molar-refractivity contribution in [3.8, 4) is 0 Å². The summed E-state index contributed by atoms with van der Waals surface area (Å²) in [6, 6.07) is 0. The molecule has 0 spiro atoms. The number of carboxylic acids is 1. The van der Waals surface area contributed by atoms with E-state index in [4.69, 9.17) is 9.84 Å². The average molecular weight is 198 g/mol. The van der Waals surface area contributed by atoms with E-state index in [-0.39, 0.29) is 5.60 Å². The highest BCUT2D eigenvalue weighted by Gasteiger charge is 2.27. The van der Waals surface area contributed by atoms with Gasteiger partial charge in [-0.15, -0.1) is 0 Å². The van der Waals surface area contributed by atoms with Crippen molar-refractivity contribution in [2.45, 2.75) is 45.6 Å². The molecule has 0 saturated carbocycles. The first kappa shape index (κ1) is 11.2. The molecule has 0 bridgehead atoms. The van der Waals surface area contributed by atoms with Crippen LogP contribution in [0.15, 0.2) is 11.1 Å². The quantitative estimate of drug-likeness (QED) is 0.693. The molecule has 1 rings (SSSR count). The van der Waals surface area contributed by atoms with E-state index in [0.717, 1.165) is 18.4 Å². The summed E-state index contributed by atoms with van der Waals surface area (Å²) in [5.74, 6) is -0.778. The van der Waals surface area contributed by atoms with Gasteiger partial charge in [0, 0.05) is 5.57 Å². The van der Waals surface area contributed by atoms with Gasteiger partial charge in [0.2, 0.25) is 0 Å². The topological polar surface area (TPSA) is 46.5 Å². The first-order chi connectivity index (χ1) is 6.46. The molecule has 0 atom stereocenters. The fourth-order valence-electron chi connectivity index (χ4n) is 1.91. The average Bonchev–Trinajstić information content (AvgIpc) is 2.02. The molecule has 0 radical (unpaired) electrons. The third-order valence-corrected chi connectivity index (χ3v) is 2.57. The van der Waals surface area contributed by atoms with Crippen molar-refractivity contribution in [3.63, 3.8) is 0 Å². The lowest BCUT2D eigenvalue weighted by Crippen LogP contribution is -2.31. The van der Waals surface area contributed by atoms with Crippen LogP contribution in [0, 0.1) is 0 Å². The Labute approximate surface area is 84.8 Å². The molecule has 14 heavy (non-hydrogen) atoms. The van der Waals surface area contributed by atoms with E-state index in [9.17, 15) is 4.79 Å². The van der Waals surface area contributed by atoms with Crippen LogP contribution in [0.5, 0.6) is 0 Å². The zero-order valence-electron chi connectivity index (χ0n) is 9.09. The maximum absolute atomic E-state index is 10.9. The minimum absolute atomic E-state index is 0.205. The molecule has 1 aliphatic rings. The van der Waals surface area contributed by atoms with E-state index >= 15 is 0 Å². The van der Waals surface area contributed by atoms with E-state index in [1.165, 1.54) is 0 Å². The predicted octanol–water partition coefficient (Wildman–Crippen LogP) is 2.37. The highest BCUT2D eigenvalue weighted by atomic mass is 16.5. The normalized spacial score (nSPS) is 24.5. The smallest absolute Gasteiger partial charge is 0.331 e. The van der Waals surface area contributed by atoms with Gasteiger partial charge in [0.1, 0.15) is 0 Å². The fraction of sp³-hybridized carbons (Fsp3) is 0.727. The monoisotopic (exact) mass is 198 g/mol. The van der Waals surface area contributed by atoms with E-state index < -0.39 is 5.97 Å². The third kappa shape index (κ3) is 2.58. The zero-order valence-corrected chi connectivity index (χ0v) is 9.09. The molecule has 0 amide bonds. The summed E-state index contributed by atoms with van der Waals surface area (Å²) < 4.78 is 5.54. The molecule has 1 saturated heterocycles. The molecule has 1 aliphatic heterocycles. The molecule has 0 aliphatic carbocycles. The van der Waals surface area contributed by atoms with Crippen LogP contribution in [-0.2, 0) is 9.53 Å². The highest BCUT2D eigenvalue weighted by molar-refractivity contribution is 5.87. The van der Waals surface area contributed by atoms with Crippen molar-refractivity contribution in [2.24, 2.45) is 0 Å². The maximum Gasteiger partial charge on any atom is 0.331 e. The van der Waals surface area contributed by atoms with E-state index in [2.05, 4.69) is 0 Å². The lowest BCUT2D eigenvalue weighted by atomic mass is 9.89. The highest BCUT2D eigenvalue weighted by Crippen LogP contribution is 2.30. The summed E-state index contributed by atoms with van der Waals surface area (Å²) >= 11 is 0. The standard InChI is InChI=1S/C11H18O3/c1-4-9(10(12)13)8-5-6-14-11(2,3)7-8/h4-7H2,1-3H3,(H,12,13)/b9-8+. The van der Waals surface area contributed by atoms with Crippen LogP contribution in [-0.4, -0.2) is 23.3 Å². The molecule has 1 heterocycles. The molecule has 1 fully saturated rings. The molecule has 3 heteroatoms. The van der Waals surface area contributed by atoms with Gasteiger partial charge < -0.3 is 9.84 Å². The largest absolute Gasteiger partial charge is 0.478 e. The number of rotatable bonds is 2. The van der Waals surface area contributed by atoms with Crippen LogP contribution >= 0.6 is 0 Å². The number of ether oxygens (including phenoxy) is 1. The Bertz CT molecular complexity index is 264. The summed E-state index contributed by atoms with van der Waals surface area (Å²) in [6.07, 6.45) is 2.10. The number of aliphatic carboxylic acids is 1. The summed E-state index contributed by atoms with van der Waals surface area (Å²) in [5.41, 5.74) is 1.42. The van der Waals surface area contributed by atoms with Crippen molar-refractivity contribution in [1.29, 1.82) is 0 Å². The van der Waals surface area contributed by atoms with Crippen LogP contribution in [0.2, 0.25) is 0 Å². The molecular weight excluding hydrogens is 180 g/mol. The lowest BCUT2D eigenvalue weighted by Gasteiger charge is -2.32. The second kappa shape index (κ2) is 4.13. The number of carboxylic acid groups (broad SMARTS) is 1. The maximum atomic E-state index is 10.9. The summed E-state index contributed by atoms with van der Waals surface area (Å²) in [7, 11) is 0. The number of hydrogen-bond acceptors (Lipinski definition) is 2. The third-order valence-electron chi connectivity index (χ3n) is 2.57. The second-order valence-electron chi connectivity index (χ2n) is 4.28. The summed E-state index contributed by atoms with van der Waals surface area (Å²) in [4.78, 5) is 10.9. The van der Waals surface area contributed by atoms with E-state index in [1.54, 1.807) is 0 Å². The summed E-state index contributed by atoms with van der Waals surface area (Å²) in [6.45, 7) is 6.53. The van der Waals surface area contributed by atoms with Crippen molar-refractivity contribution in [2.75, 3.05) is 6.61 Å². The van der Waals surface area contributed by atoms with Gasteiger partial charge in [-0.05, 0) is 33.1 Å². The van der Waals surface area contributed by atoms with Gasteiger partial charge in [-0.3, -0.25) is 0 Å². The fourth-order valence-corrected chi connectivity index (χ4v) is 1.91. The summed E-state index contributed by atoms with van der Waals surface area (Å²) in [5, 5.41) is 9.00. The van der Waals surface area contributed by atoms with Gasteiger partial charge in [0.05, 0.1) is 12.2 Å². The molecule has 80 valence electrons. The van der Waals surface area contributed by atoms with Crippen LogP contribution in [0.3, 0.4) is 0 Å². The van der Waals surface area contributed by atoms with Crippen LogP contribution in [0.25, 0.3) is 0 Å². The Hall–Kier alpha value is -0.830. The molecule has 3 nitrogen and oxygen atoms in total. The number of hydrogen-bond donors (Lipinski definition) is 1. The van der Waals surface area contributed by atoms with Gasteiger partial charge in [0.25, 0.3) is 0 Å². The minimum atomic E-state index is -0.778. The van der Waals surface area contributed by atoms with Crippen LogP contribution in [0.1, 0.15) is 40.0 Å². The Morgan fingerprint density at radius 1 is 1.57 bits per heavy atom. The molecular formula is C11H18O3. The van der Waals surface area contributed by atoms with Gasteiger partial charge in [-0.25, -0.2) is 4.79 Å². The Kier molecular flexibility index (Phi) is 3.32. The Balaban J connectivity index is 2.89. The molecule has 0 aromatic carbocycles.